The molecule has 0 spiro atoms. The van der Waals surface area contributed by atoms with Gasteiger partial charge in [-0.3, -0.25) is 4.79 Å². The molecule has 4 heteroatoms. The summed E-state index contributed by atoms with van der Waals surface area (Å²) in [5.74, 6) is -0.546. The van der Waals surface area contributed by atoms with Crippen LogP contribution in [0.3, 0.4) is 0 Å². The molecule has 1 aromatic carbocycles. The van der Waals surface area contributed by atoms with Crippen LogP contribution in [0.2, 0.25) is 0 Å². The first-order valence-electron chi connectivity index (χ1n) is 4.38. The summed E-state index contributed by atoms with van der Waals surface area (Å²) in [7, 11) is 0. The summed E-state index contributed by atoms with van der Waals surface area (Å²) in [6, 6.07) is 4.25. The van der Waals surface area contributed by atoms with Gasteiger partial charge < -0.3 is 5.32 Å². The average Bonchev–Trinajstić information content (AvgIpc) is 2.18. The van der Waals surface area contributed by atoms with E-state index in [1.165, 1.54) is 18.2 Å². The molecule has 2 nitrogen and oxygen atoms in total. The van der Waals surface area contributed by atoms with E-state index in [1.54, 1.807) is 6.92 Å². The molecule has 0 saturated heterocycles. The van der Waals surface area contributed by atoms with E-state index in [2.05, 4.69) is 27.8 Å². The molecule has 0 aliphatic heterocycles. The zero-order chi connectivity index (χ0) is 11.4. The highest BCUT2D eigenvalue weighted by Crippen LogP contribution is 2.09. The quantitative estimate of drug-likeness (QED) is 0.900. The summed E-state index contributed by atoms with van der Waals surface area (Å²) in [5, 5.41) is 2.64. The van der Waals surface area contributed by atoms with Gasteiger partial charge >= 0.3 is 0 Å². The summed E-state index contributed by atoms with van der Waals surface area (Å²) in [4.78, 5) is 11.5. The van der Waals surface area contributed by atoms with E-state index < -0.39 is 0 Å². The summed E-state index contributed by atoms with van der Waals surface area (Å²) < 4.78 is 13.6. The smallest absolute Gasteiger partial charge is 0.251 e. The van der Waals surface area contributed by atoms with E-state index in [1.807, 2.05) is 0 Å². The summed E-state index contributed by atoms with van der Waals surface area (Å²) in [6.45, 7) is 5.57. The monoisotopic (exact) mass is 271 g/mol. The van der Waals surface area contributed by atoms with Gasteiger partial charge in [0.15, 0.2) is 0 Å². The Bertz CT molecular complexity index is 404. The molecule has 1 aromatic rings. The fourth-order valence-electron chi connectivity index (χ4n) is 1.06. The molecule has 1 amide bonds. The van der Waals surface area contributed by atoms with Gasteiger partial charge in [-0.05, 0) is 30.7 Å². The van der Waals surface area contributed by atoms with E-state index in [-0.39, 0.29) is 11.7 Å². The molecule has 0 aliphatic rings. The van der Waals surface area contributed by atoms with Crippen molar-refractivity contribution in [3.05, 3.63) is 46.2 Å². The third-order valence-electron chi connectivity index (χ3n) is 1.86. The predicted octanol–water partition coefficient (Wildman–Crippen LogP) is 2.77. The Balaban J connectivity index is 2.74. The number of carbonyl (C=O) groups excluding carboxylic acids is 1. The van der Waals surface area contributed by atoms with E-state index in [0.717, 1.165) is 0 Å². The summed E-state index contributed by atoms with van der Waals surface area (Å²) in [5.41, 5.74) is 0.906. The zero-order valence-electron chi connectivity index (χ0n) is 8.31. The lowest BCUT2D eigenvalue weighted by Gasteiger charge is -2.05. The van der Waals surface area contributed by atoms with E-state index in [9.17, 15) is 9.18 Å². The van der Waals surface area contributed by atoms with Crippen molar-refractivity contribution in [2.75, 3.05) is 6.54 Å². The molecule has 0 atom stereocenters. The van der Waals surface area contributed by atoms with Gasteiger partial charge in [0, 0.05) is 16.6 Å². The third-order valence-corrected chi connectivity index (χ3v) is 2.14. The fraction of sp³-hybridized carbons (Fsp3) is 0.182. The Hall–Kier alpha value is -1.16. The maximum absolute atomic E-state index is 12.9. The molecule has 0 fully saturated rings. The lowest BCUT2D eigenvalue weighted by atomic mass is 10.1. The van der Waals surface area contributed by atoms with Gasteiger partial charge in [-0.1, -0.05) is 22.5 Å². The minimum atomic E-state index is -0.309. The highest BCUT2D eigenvalue weighted by atomic mass is 79.9. The lowest BCUT2D eigenvalue weighted by Crippen LogP contribution is -2.24. The second-order valence-corrected chi connectivity index (χ2v) is 4.29. The molecule has 0 aliphatic carbocycles. The first kappa shape index (κ1) is 11.9. The maximum Gasteiger partial charge on any atom is 0.251 e. The molecule has 1 N–H and O–H groups in total. The second kappa shape index (κ2) is 5.07. The number of hydrogen-bond donors (Lipinski definition) is 1. The van der Waals surface area contributed by atoms with Crippen LogP contribution in [-0.4, -0.2) is 12.5 Å². The molecule has 0 bridgehead atoms. The van der Waals surface area contributed by atoms with Gasteiger partial charge in [0.25, 0.3) is 5.91 Å². The van der Waals surface area contributed by atoms with Crippen molar-refractivity contribution in [2.45, 2.75) is 6.92 Å². The van der Waals surface area contributed by atoms with Gasteiger partial charge in [0.2, 0.25) is 0 Å². The maximum atomic E-state index is 12.9. The standard InChI is InChI=1S/C11H11BrFNO/c1-7-5-9(3-4-10(7)13)11(15)14-6-8(2)12/h3-5H,2,6H2,1H3,(H,14,15). The van der Waals surface area contributed by atoms with Crippen LogP contribution in [0.1, 0.15) is 15.9 Å². The van der Waals surface area contributed by atoms with Crippen molar-refractivity contribution < 1.29 is 9.18 Å². The van der Waals surface area contributed by atoms with Crippen LogP contribution in [0.15, 0.2) is 29.3 Å². The molecular weight excluding hydrogens is 261 g/mol. The zero-order valence-corrected chi connectivity index (χ0v) is 9.90. The number of amides is 1. The summed E-state index contributed by atoms with van der Waals surface area (Å²) in [6.07, 6.45) is 0. The normalized spacial score (nSPS) is 9.80. The van der Waals surface area contributed by atoms with Crippen LogP contribution >= 0.6 is 15.9 Å². The largest absolute Gasteiger partial charge is 0.347 e. The summed E-state index contributed by atoms with van der Waals surface area (Å²) >= 11 is 3.13. The van der Waals surface area contributed by atoms with E-state index in [0.29, 0.717) is 22.2 Å². The van der Waals surface area contributed by atoms with Gasteiger partial charge in [-0.25, -0.2) is 4.39 Å². The van der Waals surface area contributed by atoms with Crippen molar-refractivity contribution in [2.24, 2.45) is 0 Å². The van der Waals surface area contributed by atoms with Crippen LogP contribution in [0.25, 0.3) is 0 Å². The van der Waals surface area contributed by atoms with Crippen molar-refractivity contribution in [1.82, 2.24) is 5.32 Å². The van der Waals surface area contributed by atoms with Gasteiger partial charge in [0.1, 0.15) is 5.82 Å². The van der Waals surface area contributed by atoms with Gasteiger partial charge in [-0.2, -0.15) is 0 Å². The number of rotatable bonds is 3. The fourth-order valence-corrected chi connectivity index (χ4v) is 1.20. The third kappa shape index (κ3) is 3.47. The van der Waals surface area contributed by atoms with Crippen LogP contribution in [0, 0.1) is 12.7 Å². The SMILES string of the molecule is C=C(Br)CNC(=O)c1ccc(F)c(C)c1. The topological polar surface area (TPSA) is 29.1 Å². The van der Waals surface area contributed by atoms with Crippen molar-refractivity contribution in [3.8, 4) is 0 Å². The number of aryl methyl sites for hydroxylation is 1. The second-order valence-electron chi connectivity index (χ2n) is 3.16. The van der Waals surface area contributed by atoms with Crippen LogP contribution in [0.5, 0.6) is 0 Å². The number of benzene rings is 1. The highest BCUT2D eigenvalue weighted by molar-refractivity contribution is 9.11. The minimum absolute atomic E-state index is 0.237. The van der Waals surface area contributed by atoms with Crippen molar-refractivity contribution >= 4 is 21.8 Å². The van der Waals surface area contributed by atoms with Crippen LogP contribution in [-0.2, 0) is 0 Å². The Morgan fingerprint density at radius 1 is 1.60 bits per heavy atom. The number of nitrogens with one attached hydrogen (secondary N) is 1. The lowest BCUT2D eigenvalue weighted by molar-refractivity contribution is 0.0957. The minimum Gasteiger partial charge on any atom is -0.347 e. The molecule has 80 valence electrons. The van der Waals surface area contributed by atoms with Crippen LogP contribution < -0.4 is 5.32 Å². The van der Waals surface area contributed by atoms with Crippen molar-refractivity contribution in [1.29, 1.82) is 0 Å². The molecule has 0 aromatic heterocycles. The molecule has 0 unspecified atom stereocenters. The average molecular weight is 272 g/mol. The molecule has 0 saturated carbocycles. The molecule has 1 rings (SSSR count). The molecule has 0 radical (unpaired) electrons. The Labute approximate surface area is 96.3 Å². The van der Waals surface area contributed by atoms with E-state index >= 15 is 0 Å². The highest BCUT2D eigenvalue weighted by Gasteiger charge is 2.06. The van der Waals surface area contributed by atoms with Crippen LogP contribution in [0.4, 0.5) is 4.39 Å². The van der Waals surface area contributed by atoms with Crippen molar-refractivity contribution in [3.63, 3.8) is 0 Å². The molecule has 0 heterocycles. The first-order chi connectivity index (χ1) is 7.00. The first-order valence-corrected chi connectivity index (χ1v) is 5.17. The molecular formula is C11H11BrFNO. The predicted molar refractivity (Wildman–Crippen MR) is 61.5 cm³/mol. The van der Waals surface area contributed by atoms with Gasteiger partial charge in [0.05, 0.1) is 0 Å². The van der Waals surface area contributed by atoms with E-state index in [4.69, 9.17) is 0 Å². The van der Waals surface area contributed by atoms with Gasteiger partial charge in [-0.15, -0.1) is 0 Å². The number of hydrogen-bond acceptors (Lipinski definition) is 1. The Morgan fingerprint density at radius 3 is 2.80 bits per heavy atom. The number of halogens is 2. The Morgan fingerprint density at radius 2 is 2.27 bits per heavy atom. The molecule has 15 heavy (non-hydrogen) atoms. The number of carbonyl (C=O) groups is 1. The Kier molecular flexibility index (Phi) is 4.03.